The third-order valence-electron chi connectivity index (χ3n) is 5.94. The maximum Gasteiger partial charge on any atom is 2.00 e. The first-order chi connectivity index (χ1) is 9.75. The molecule has 0 aliphatic heterocycles. The predicted molar refractivity (Wildman–Crippen MR) is 89.3 cm³/mol. The van der Waals surface area contributed by atoms with E-state index in [2.05, 4.69) is 26.7 Å². The van der Waals surface area contributed by atoms with Crippen LogP contribution in [0.15, 0.2) is 0 Å². The van der Waals surface area contributed by atoms with E-state index in [0.29, 0.717) is 0 Å². The van der Waals surface area contributed by atoms with Crippen LogP contribution in [0, 0.1) is 67.6 Å². The molecule has 0 aromatic rings. The molecule has 132 valence electrons. The molecule has 3 aliphatic rings. The van der Waals surface area contributed by atoms with Crippen molar-refractivity contribution in [1.29, 1.82) is 0 Å². The van der Waals surface area contributed by atoms with E-state index in [1.165, 1.54) is 77.0 Å². The quantitative estimate of drug-likeness (QED) is 0.261. The number of hydrogen-bond donors (Lipinski definition) is 0. The summed E-state index contributed by atoms with van der Waals surface area (Å²) < 4.78 is 0. The second-order valence-electron chi connectivity index (χ2n) is 7.77. The third kappa shape index (κ3) is 11.7. The Bertz CT molecular complexity index is 240. The summed E-state index contributed by atoms with van der Waals surface area (Å²) in [5, 5.41) is 0. The van der Waals surface area contributed by atoms with Gasteiger partial charge in [0.05, 0.1) is 0 Å². The van der Waals surface area contributed by atoms with Gasteiger partial charge in [-0.1, -0.05) is 52.4 Å². The van der Waals surface area contributed by atoms with Gasteiger partial charge in [-0.3, -0.25) is 0 Å². The van der Waals surface area contributed by atoms with Gasteiger partial charge in [-0.05, 0) is 36.5 Å². The Hall–Kier alpha value is 2.43. The maximum atomic E-state index is 2.49. The van der Waals surface area contributed by atoms with Crippen molar-refractivity contribution in [3.63, 3.8) is 0 Å². The molecule has 3 saturated carbocycles. The molecule has 0 unspecified atom stereocenters. The van der Waals surface area contributed by atoms with Crippen molar-refractivity contribution in [2.24, 2.45) is 23.7 Å². The van der Waals surface area contributed by atoms with Gasteiger partial charge in [0.1, 0.15) is 0 Å². The molecular formula is C20H36UW2. The van der Waals surface area contributed by atoms with Crippen molar-refractivity contribution in [2.75, 3.05) is 0 Å². The summed E-state index contributed by atoms with van der Waals surface area (Å²) in [5.74, 6) is 4.22. The van der Waals surface area contributed by atoms with Gasteiger partial charge in [0.15, 0.2) is 0 Å². The minimum absolute atomic E-state index is 0. The Kier molecular flexibility index (Phi) is 19.9. The van der Waals surface area contributed by atoms with Crippen molar-refractivity contribution in [3.05, 3.63) is 12.8 Å². The molecule has 0 spiro atoms. The van der Waals surface area contributed by atoms with Gasteiger partial charge < -0.3 is 12.8 Å². The van der Waals surface area contributed by atoms with Gasteiger partial charge in [0, 0.05) is 42.1 Å². The van der Waals surface area contributed by atoms with Crippen LogP contribution in [0.4, 0.5) is 0 Å². The topological polar surface area (TPSA) is 0 Å². The molecular weight excluding hydrogens is 846 g/mol. The molecule has 0 radical (unpaired) electrons. The van der Waals surface area contributed by atoms with Gasteiger partial charge in [-0.15, -0.1) is 0 Å². The molecule has 23 heavy (non-hydrogen) atoms. The summed E-state index contributed by atoms with van der Waals surface area (Å²) in [7, 11) is 0. The monoisotopic (exact) mass is 882 g/mol. The first kappa shape index (κ1) is 27.6. The first-order valence-electron chi connectivity index (χ1n) is 9.39. The first-order valence-corrected chi connectivity index (χ1v) is 9.39. The molecule has 3 heteroatoms. The average molecular weight is 882 g/mol. The largest absolute Gasteiger partial charge is 2.00 e. The van der Waals surface area contributed by atoms with Crippen molar-refractivity contribution in [1.82, 2.24) is 0 Å². The Balaban J connectivity index is 0. The number of rotatable bonds is 1. The average Bonchev–Trinajstić information content (AvgIpc) is 2.50. The molecule has 0 nitrogen and oxygen atoms in total. The van der Waals surface area contributed by atoms with Crippen molar-refractivity contribution >= 4 is 0 Å². The van der Waals surface area contributed by atoms with Crippen LogP contribution in [-0.2, 0) is 42.1 Å². The van der Waals surface area contributed by atoms with Crippen LogP contribution >= 0.6 is 0 Å². The fourth-order valence-corrected chi connectivity index (χ4v) is 4.27. The summed E-state index contributed by atoms with van der Waals surface area (Å²) in [4.78, 5) is 0. The van der Waals surface area contributed by atoms with Gasteiger partial charge >= 0.3 is 31.1 Å². The predicted octanol–water partition coefficient (Wildman–Crippen LogP) is 6.60. The van der Waals surface area contributed by atoms with E-state index in [9.17, 15) is 0 Å². The van der Waals surface area contributed by atoms with E-state index in [-0.39, 0.29) is 73.2 Å². The van der Waals surface area contributed by atoms with Gasteiger partial charge in [-0.2, -0.15) is 25.7 Å². The Morgan fingerprint density at radius 2 is 0.870 bits per heavy atom. The van der Waals surface area contributed by atoms with E-state index >= 15 is 0 Å². The summed E-state index contributed by atoms with van der Waals surface area (Å²) in [5.41, 5.74) is 0. The molecule has 3 rings (SSSR count). The van der Waals surface area contributed by atoms with Crippen LogP contribution in [0.5, 0.6) is 0 Å². The fourth-order valence-electron chi connectivity index (χ4n) is 4.27. The van der Waals surface area contributed by atoms with E-state index in [1.807, 2.05) is 0 Å². The summed E-state index contributed by atoms with van der Waals surface area (Å²) >= 11 is 0. The van der Waals surface area contributed by atoms with Crippen molar-refractivity contribution in [3.8, 4) is 0 Å². The van der Waals surface area contributed by atoms with Crippen LogP contribution in [0.25, 0.3) is 0 Å². The van der Waals surface area contributed by atoms with E-state index in [0.717, 1.165) is 23.7 Å². The standard InChI is InChI=1S/C13H23.C7H13.U.2W/c1-11-7-9-13(10-8-11)12-5-3-2-4-6-12;1-7-5-3-2-4-6-7;;;/h2,11-13H,3-10H2,1H3;2,7H,3-6H2,1H3;;;/q2*-1;+2;;. The zero-order valence-electron chi connectivity index (χ0n) is 15.3. The van der Waals surface area contributed by atoms with Crippen LogP contribution in [0.2, 0.25) is 0 Å². The van der Waals surface area contributed by atoms with Crippen LogP contribution in [0.1, 0.15) is 90.9 Å². The van der Waals surface area contributed by atoms with Crippen molar-refractivity contribution < 1.29 is 73.2 Å². The van der Waals surface area contributed by atoms with Gasteiger partial charge in [-0.25, -0.2) is 0 Å². The number of hydrogen-bond acceptors (Lipinski definition) is 0. The van der Waals surface area contributed by atoms with Gasteiger partial charge in [0.25, 0.3) is 0 Å². The zero-order valence-corrected chi connectivity index (χ0v) is 25.3. The zero-order chi connectivity index (χ0) is 14.2. The molecule has 0 aromatic heterocycles. The molecule has 0 aromatic carbocycles. The fraction of sp³-hybridized carbons (Fsp3) is 0.900. The molecule has 0 saturated heterocycles. The minimum atomic E-state index is 0. The van der Waals surface area contributed by atoms with Crippen LogP contribution in [0.3, 0.4) is 0 Å². The molecule has 3 fully saturated rings. The van der Waals surface area contributed by atoms with Gasteiger partial charge in [0.2, 0.25) is 0 Å². The molecule has 0 atom stereocenters. The Labute approximate surface area is 198 Å². The molecule has 3 aliphatic carbocycles. The van der Waals surface area contributed by atoms with E-state index in [1.54, 1.807) is 0 Å². The molecule has 0 bridgehead atoms. The second-order valence-corrected chi connectivity index (χ2v) is 7.77. The van der Waals surface area contributed by atoms with Crippen molar-refractivity contribution in [2.45, 2.75) is 90.9 Å². The molecule has 0 N–H and O–H groups in total. The summed E-state index contributed by atoms with van der Waals surface area (Å²) in [6, 6.07) is 0. The maximum absolute atomic E-state index is 2.49. The second kappa shape index (κ2) is 16.6. The Morgan fingerprint density at radius 3 is 1.26 bits per heavy atom. The molecule has 0 heterocycles. The van der Waals surface area contributed by atoms with Crippen LogP contribution < -0.4 is 0 Å². The van der Waals surface area contributed by atoms with E-state index < -0.39 is 0 Å². The summed E-state index contributed by atoms with van der Waals surface area (Å²) in [6.07, 6.45) is 22.4. The smallest absolute Gasteiger partial charge is 0.328 e. The molecule has 0 amide bonds. The minimum Gasteiger partial charge on any atom is -0.328 e. The summed E-state index contributed by atoms with van der Waals surface area (Å²) in [6.45, 7) is 4.76. The Morgan fingerprint density at radius 1 is 0.522 bits per heavy atom. The normalized spacial score (nSPS) is 29.0. The van der Waals surface area contributed by atoms with Crippen LogP contribution in [-0.4, -0.2) is 0 Å². The SMILES string of the molecule is CC1CCC(C2CC[CH-]CC2)CC1.CC1CC[CH-]CC1.[U+2].[W].[W]. The van der Waals surface area contributed by atoms with E-state index in [4.69, 9.17) is 0 Å². The third-order valence-corrected chi connectivity index (χ3v) is 5.94.